The Balaban J connectivity index is 2.39. The second-order valence-electron chi connectivity index (χ2n) is 4.83. The molecule has 0 saturated heterocycles. The number of carbonyl (C=O) groups is 3. The van der Waals surface area contributed by atoms with Crippen molar-refractivity contribution in [1.29, 1.82) is 0 Å². The first-order valence-electron chi connectivity index (χ1n) is 6.21. The quantitative estimate of drug-likeness (QED) is 0.713. The number of aromatic carboxylic acids is 1. The van der Waals surface area contributed by atoms with Gasteiger partial charge in [0.25, 0.3) is 0 Å². The zero-order chi connectivity index (χ0) is 15.3. The number of ketones is 2. The third-order valence-electron chi connectivity index (χ3n) is 3.66. The molecule has 0 aliphatic heterocycles. The second kappa shape index (κ2) is 4.28. The largest absolute Gasteiger partial charge is 0.507 e. The van der Waals surface area contributed by atoms with Crippen LogP contribution in [0.25, 0.3) is 0 Å². The van der Waals surface area contributed by atoms with Gasteiger partial charge >= 0.3 is 5.97 Å². The van der Waals surface area contributed by atoms with E-state index in [1.54, 1.807) is 12.1 Å². The van der Waals surface area contributed by atoms with Gasteiger partial charge in [0.15, 0.2) is 11.6 Å². The Morgan fingerprint density at radius 2 is 1.57 bits per heavy atom. The van der Waals surface area contributed by atoms with Gasteiger partial charge in [-0.2, -0.15) is 0 Å². The lowest BCUT2D eigenvalue weighted by molar-refractivity contribution is 0.0692. The smallest absolute Gasteiger partial charge is 0.339 e. The topological polar surface area (TPSA) is 91.7 Å². The molecule has 5 heteroatoms. The Morgan fingerprint density at radius 3 is 2.14 bits per heavy atom. The lowest BCUT2D eigenvalue weighted by Crippen LogP contribution is -2.23. The third-order valence-corrected chi connectivity index (χ3v) is 3.66. The molecule has 2 aromatic rings. The van der Waals surface area contributed by atoms with E-state index in [0.29, 0.717) is 0 Å². The molecule has 0 spiro atoms. The number of aromatic hydroxyl groups is 1. The van der Waals surface area contributed by atoms with Crippen LogP contribution in [0.15, 0.2) is 30.3 Å². The van der Waals surface area contributed by atoms with Crippen LogP contribution in [0.5, 0.6) is 5.75 Å². The van der Waals surface area contributed by atoms with Crippen LogP contribution in [-0.2, 0) is 0 Å². The van der Waals surface area contributed by atoms with E-state index in [1.807, 2.05) is 0 Å². The normalized spacial score (nSPS) is 12.8. The van der Waals surface area contributed by atoms with Gasteiger partial charge in [0.1, 0.15) is 11.3 Å². The third kappa shape index (κ3) is 1.67. The summed E-state index contributed by atoms with van der Waals surface area (Å²) in [5, 5.41) is 19.0. The molecule has 1 aliphatic rings. The SMILES string of the molecule is Cc1c(C(=O)O)c(O)cc2c1C(=O)c1ccccc1C2=O. The van der Waals surface area contributed by atoms with Gasteiger partial charge in [-0.05, 0) is 18.6 Å². The van der Waals surface area contributed by atoms with Crippen molar-refractivity contribution in [3.8, 4) is 5.75 Å². The molecule has 21 heavy (non-hydrogen) atoms. The molecular formula is C16H10O5. The minimum absolute atomic E-state index is 0.0405. The molecule has 1 aliphatic carbocycles. The van der Waals surface area contributed by atoms with Crippen molar-refractivity contribution in [3.63, 3.8) is 0 Å². The van der Waals surface area contributed by atoms with Crippen molar-refractivity contribution in [2.75, 3.05) is 0 Å². The predicted molar refractivity (Wildman–Crippen MR) is 73.1 cm³/mol. The highest BCUT2D eigenvalue weighted by molar-refractivity contribution is 6.29. The standard InChI is InChI=1S/C16H10O5/c1-7-12-10(6-11(17)13(7)16(20)21)14(18)8-4-2-3-5-9(8)15(12)19/h2-6,17H,1H3,(H,20,21). The summed E-state index contributed by atoms with van der Waals surface area (Å²) in [7, 11) is 0. The highest BCUT2D eigenvalue weighted by Crippen LogP contribution is 2.34. The van der Waals surface area contributed by atoms with Gasteiger partial charge in [0.05, 0.1) is 0 Å². The Bertz CT molecular complexity index is 833. The van der Waals surface area contributed by atoms with Crippen LogP contribution in [0.1, 0.15) is 47.8 Å². The van der Waals surface area contributed by atoms with Gasteiger partial charge in [-0.1, -0.05) is 24.3 Å². The van der Waals surface area contributed by atoms with E-state index >= 15 is 0 Å². The average molecular weight is 282 g/mol. The summed E-state index contributed by atoms with van der Waals surface area (Å²) in [6.07, 6.45) is 0. The van der Waals surface area contributed by atoms with E-state index in [9.17, 15) is 19.5 Å². The fourth-order valence-corrected chi connectivity index (χ4v) is 2.70. The fraction of sp³-hybridized carbons (Fsp3) is 0.0625. The number of carboxylic acid groups (broad SMARTS) is 1. The van der Waals surface area contributed by atoms with Gasteiger partial charge in [0.2, 0.25) is 0 Å². The van der Waals surface area contributed by atoms with Crippen LogP contribution in [0.2, 0.25) is 0 Å². The van der Waals surface area contributed by atoms with Crippen molar-refractivity contribution >= 4 is 17.5 Å². The molecule has 0 heterocycles. The lowest BCUT2D eigenvalue weighted by Gasteiger charge is -2.20. The average Bonchev–Trinajstić information content (AvgIpc) is 2.44. The predicted octanol–water partition coefficient (Wildman–Crippen LogP) is 2.17. The summed E-state index contributed by atoms with van der Waals surface area (Å²) < 4.78 is 0. The maximum absolute atomic E-state index is 12.5. The molecule has 0 amide bonds. The van der Waals surface area contributed by atoms with E-state index < -0.39 is 23.3 Å². The van der Waals surface area contributed by atoms with Gasteiger partial charge in [0, 0.05) is 22.3 Å². The molecule has 0 saturated carbocycles. The minimum atomic E-state index is -1.34. The molecule has 5 nitrogen and oxygen atoms in total. The van der Waals surface area contributed by atoms with Crippen molar-refractivity contribution in [1.82, 2.24) is 0 Å². The first-order valence-corrected chi connectivity index (χ1v) is 6.21. The van der Waals surface area contributed by atoms with Crippen molar-refractivity contribution in [2.24, 2.45) is 0 Å². The van der Waals surface area contributed by atoms with Crippen LogP contribution < -0.4 is 0 Å². The molecule has 0 bridgehead atoms. The number of benzene rings is 2. The van der Waals surface area contributed by atoms with Gasteiger partial charge in [-0.15, -0.1) is 0 Å². The van der Waals surface area contributed by atoms with Crippen LogP contribution in [0, 0.1) is 6.92 Å². The number of carboxylic acids is 1. The molecule has 0 atom stereocenters. The van der Waals surface area contributed by atoms with E-state index in [1.165, 1.54) is 19.1 Å². The molecule has 0 aromatic heterocycles. The molecule has 3 rings (SSSR count). The Hall–Kier alpha value is -2.95. The number of hydrogen-bond acceptors (Lipinski definition) is 4. The fourth-order valence-electron chi connectivity index (χ4n) is 2.70. The van der Waals surface area contributed by atoms with E-state index in [-0.39, 0.29) is 33.4 Å². The number of phenols is 1. The maximum atomic E-state index is 12.5. The van der Waals surface area contributed by atoms with E-state index in [2.05, 4.69) is 0 Å². The molecule has 104 valence electrons. The Morgan fingerprint density at radius 1 is 1.00 bits per heavy atom. The molecule has 0 fully saturated rings. The summed E-state index contributed by atoms with van der Waals surface area (Å²) in [6, 6.07) is 7.42. The first-order chi connectivity index (χ1) is 9.93. The molecular weight excluding hydrogens is 272 g/mol. The Kier molecular flexibility index (Phi) is 2.66. The number of rotatable bonds is 1. The zero-order valence-corrected chi connectivity index (χ0v) is 11.0. The number of carbonyl (C=O) groups excluding carboxylic acids is 2. The van der Waals surface area contributed by atoms with Crippen molar-refractivity contribution in [2.45, 2.75) is 6.92 Å². The van der Waals surface area contributed by atoms with Crippen molar-refractivity contribution < 1.29 is 24.6 Å². The second-order valence-corrected chi connectivity index (χ2v) is 4.83. The summed E-state index contributed by atoms with van der Waals surface area (Å²) in [5.74, 6) is -2.65. The number of fused-ring (bicyclic) bond motifs is 2. The Labute approximate surface area is 119 Å². The van der Waals surface area contributed by atoms with Crippen LogP contribution in [-0.4, -0.2) is 27.7 Å². The minimum Gasteiger partial charge on any atom is -0.507 e. The van der Waals surface area contributed by atoms with Crippen LogP contribution in [0.4, 0.5) is 0 Å². The highest BCUT2D eigenvalue weighted by Gasteiger charge is 2.33. The molecule has 2 aromatic carbocycles. The molecule has 0 unspecified atom stereocenters. The summed E-state index contributed by atoms with van der Waals surface area (Å²) in [5.41, 5.74) is 0.351. The van der Waals surface area contributed by atoms with E-state index in [4.69, 9.17) is 5.11 Å². The van der Waals surface area contributed by atoms with Crippen LogP contribution in [0.3, 0.4) is 0 Å². The summed E-state index contributed by atoms with van der Waals surface area (Å²) >= 11 is 0. The van der Waals surface area contributed by atoms with Gasteiger partial charge < -0.3 is 10.2 Å². The monoisotopic (exact) mass is 282 g/mol. The highest BCUT2D eigenvalue weighted by atomic mass is 16.4. The number of hydrogen-bond donors (Lipinski definition) is 2. The molecule has 0 radical (unpaired) electrons. The van der Waals surface area contributed by atoms with Gasteiger partial charge in [-0.25, -0.2) is 4.79 Å². The summed E-state index contributed by atoms with van der Waals surface area (Å²) in [6.45, 7) is 1.42. The maximum Gasteiger partial charge on any atom is 0.339 e. The zero-order valence-electron chi connectivity index (χ0n) is 11.0. The van der Waals surface area contributed by atoms with Crippen LogP contribution >= 0.6 is 0 Å². The summed E-state index contributed by atoms with van der Waals surface area (Å²) in [4.78, 5) is 36.2. The lowest BCUT2D eigenvalue weighted by atomic mass is 9.80. The first kappa shape index (κ1) is 13.1. The van der Waals surface area contributed by atoms with Gasteiger partial charge in [-0.3, -0.25) is 9.59 Å². The van der Waals surface area contributed by atoms with Crippen molar-refractivity contribution in [3.05, 3.63) is 63.7 Å². The molecule has 2 N–H and O–H groups in total. The van der Waals surface area contributed by atoms with E-state index in [0.717, 1.165) is 6.07 Å².